The van der Waals surface area contributed by atoms with Gasteiger partial charge in [0.1, 0.15) is 0 Å². The maximum absolute atomic E-state index is 12.6. The second-order valence-corrected chi connectivity index (χ2v) is 7.64. The summed E-state index contributed by atoms with van der Waals surface area (Å²) in [6.07, 6.45) is 3.47. The van der Waals surface area contributed by atoms with E-state index in [1.165, 1.54) is 13.0 Å². The van der Waals surface area contributed by atoms with Crippen LogP contribution in [0.2, 0.25) is 0 Å². The lowest BCUT2D eigenvalue weighted by Gasteiger charge is -2.28. The smallest absolute Gasteiger partial charge is 0.241 e. The number of halogens is 1. The predicted molar refractivity (Wildman–Crippen MR) is 93.3 cm³/mol. The summed E-state index contributed by atoms with van der Waals surface area (Å²) in [6.45, 7) is 3.49. The summed E-state index contributed by atoms with van der Waals surface area (Å²) in [7, 11) is -3.67. The van der Waals surface area contributed by atoms with Gasteiger partial charge in [0, 0.05) is 24.7 Å². The molecule has 0 aliphatic heterocycles. The minimum Gasteiger partial charge on any atom is -0.329 e. The Labute approximate surface area is 143 Å². The van der Waals surface area contributed by atoms with Crippen molar-refractivity contribution in [3.8, 4) is 0 Å². The number of aryl methyl sites for hydroxylation is 1. The highest BCUT2D eigenvalue weighted by molar-refractivity contribution is 7.89. The summed E-state index contributed by atoms with van der Waals surface area (Å²) in [5.74, 6) is -0.236. The third-order valence-corrected chi connectivity index (χ3v) is 5.71. The number of amides is 1. The zero-order chi connectivity index (χ0) is 16.4. The molecule has 4 N–H and O–H groups in total. The number of anilines is 1. The normalized spacial score (nSPS) is 16.7. The first kappa shape index (κ1) is 19.9. The summed E-state index contributed by atoms with van der Waals surface area (Å²) < 4.78 is 28.0. The molecule has 8 heteroatoms. The molecule has 0 spiro atoms. The van der Waals surface area contributed by atoms with Gasteiger partial charge in [0.25, 0.3) is 0 Å². The number of carbonyl (C=O) groups is 1. The second kappa shape index (κ2) is 7.61. The Kier molecular flexibility index (Phi) is 6.59. The predicted octanol–water partition coefficient (Wildman–Crippen LogP) is 1.93. The third-order valence-electron chi connectivity index (χ3n) is 4.13. The summed E-state index contributed by atoms with van der Waals surface area (Å²) in [5.41, 5.74) is 6.56. The summed E-state index contributed by atoms with van der Waals surface area (Å²) in [5, 5.41) is 2.65. The van der Waals surface area contributed by atoms with E-state index in [1.54, 1.807) is 12.1 Å². The van der Waals surface area contributed by atoms with Gasteiger partial charge in [0.05, 0.1) is 4.90 Å². The van der Waals surface area contributed by atoms with E-state index in [9.17, 15) is 13.2 Å². The average molecular weight is 362 g/mol. The molecular formula is C15H24ClN3O3S. The SMILES string of the molecule is CC(=O)Nc1cc(S(=O)(=O)NC2(CN)CCCC2)ccc1C.Cl. The van der Waals surface area contributed by atoms with Gasteiger partial charge in [-0.15, -0.1) is 12.4 Å². The largest absolute Gasteiger partial charge is 0.329 e. The lowest BCUT2D eigenvalue weighted by Crippen LogP contribution is -2.51. The van der Waals surface area contributed by atoms with E-state index in [2.05, 4.69) is 10.0 Å². The Morgan fingerprint density at radius 1 is 1.30 bits per heavy atom. The zero-order valence-electron chi connectivity index (χ0n) is 13.4. The van der Waals surface area contributed by atoms with Gasteiger partial charge in [-0.2, -0.15) is 0 Å². The maximum Gasteiger partial charge on any atom is 0.241 e. The molecular weight excluding hydrogens is 338 g/mol. The molecule has 0 saturated heterocycles. The molecule has 1 aliphatic carbocycles. The molecule has 2 rings (SSSR count). The molecule has 0 bridgehead atoms. The average Bonchev–Trinajstić information content (AvgIpc) is 2.89. The van der Waals surface area contributed by atoms with Crippen LogP contribution in [0.15, 0.2) is 23.1 Å². The maximum atomic E-state index is 12.6. The summed E-state index contributed by atoms with van der Waals surface area (Å²) in [6, 6.07) is 4.71. The highest BCUT2D eigenvalue weighted by Gasteiger charge is 2.36. The van der Waals surface area contributed by atoms with Gasteiger partial charge < -0.3 is 11.1 Å². The fourth-order valence-corrected chi connectivity index (χ4v) is 4.33. The third kappa shape index (κ3) is 4.67. The first-order chi connectivity index (χ1) is 10.3. The van der Waals surface area contributed by atoms with Crippen molar-refractivity contribution < 1.29 is 13.2 Å². The number of hydrogen-bond acceptors (Lipinski definition) is 4. The molecule has 1 fully saturated rings. The van der Waals surface area contributed by atoms with Crippen LogP contribution in [0, 0.1) is 6.92 Å². The number of hydrogen-bond donors (Lipinski definition) is 3. The fraction of sp³-hybridized carbons (Fsp3) is 0.533. The molecule has 0 unspecified atom stereocenters. The van der Waals surface area contributed by atoms with Gasteiger partial charge in [-0.05, 0) is 37.5 Å². The van der Waals surface area contributed by atoms with Crippen molar-refractivity contribution in [3.63, 3.8) is 0 Å². The van der Waals surface area contributed by atoms with Crippen LogP contribution in [0.5, 0.6) is 0 Å². The molecule has 1 aliphatic rings. The molecule has 1 amide bonds. The van der Waals surface area contributed by atoms with Gasteiger partial charge in [-0.25, -0.2) is 13.1 Å². The molecule has 0 radical (unpaired) electrons. The molecule has 23 heavy (non-hydrogen) atoms. The first-order valence-electron chi connectivity index (χ1n) is 7.40. The number of carbonyl (C=O) groups excluding carboxylic acids is 1. The Hall–Kier alpha value is -1.15. The van der Waals surface area contributed by atoms with Crippen molar-refractivity contribution in [1.29, 1.82) is 0 Å². The molecule has 0 heterocycles. The van der Waals surface area contributed by atoms with Crippen LogP contribution in [0.1, 0.15) is 38.2 Å². The van der Waals surface area contributed by atoms with E-state index in [1.807, 2.05) is 6.92 Å². The van der Waals surface area contributed by atoms with Gasteiger partial charge in [0.2, 0.25) is 15.9 Å². The van der Waals surface area contributed by atoms with E-state index < -0.39 is 15.6 Å². The van der Waals surface area contributed by atoms with Crippen molar-refractivity contribution in [2.45, 2.75) is 50.0 Å². The molecule has 1 aromatic rings. The number of benzene rings is 1. The van der Waals surface area contributed by atoms with Crippen molar-refractivity contribution in [2.75, 3.05) is 11.9 Å². The minimum absolute atomic E-state index is 0. The Morgan fingerprint density at radius 3 is 2.43 bits per heavy atom. The lowest BCUT2D eigenvalue weighted by molar-refractivity contribution is -0.114. The summed E-state index contributed by atoms with van der Waals surface area (Å²) in [4.78, 5) is 11.4. The number of nitrogens with one attached hydrogen (secondary N) is 2. The van der Waals surface area contributed by atoms with Crippen LogP contribution >= 0.6 is 12.4 Å². The van der Waals surface area contributed by atoms with Gasteiger partial charge in [-0.1, -0.05) is 18.9 Å². The van der Waals surface area contributed by atoms with Crippen LogP contribution in [0.3, 0.4) is 0 Å². The lowest BCUT2D eigenvalue weighted by atomic mass is 10.0. The number of sulfonamides is 1. The van der Waals surface area contributed by atoms with Gasteiger partial charge in [0.15, 0.2) is 0 Å². The molecule has 1 aromatic carbocycles. The van der Waals surface area contributed by atoms with Crippen molar-refractivity contribution in [2.24, 2.45) is 5.73 Å². The van der Waals surface area contributed by atoms with Crippen LogP contribution in [-0.4, -0.2) is 26.4 Å². The van der Waals surface area contributed by atoms with Crippen LogP contribution < -0.4 is 15.8 Å². The molecule has 0 atom stereocenters. The number of rotatable bonds is 5. The van der Waals surface area contributed by atoms with Crippen LogP contribution in [0.25, 0.3) is 0 Å². The first-order valence-corrected chi connectivity index (χ1v) is 8.89. The van der Waals surface area contributed by atoms with Gasteiger partial charge in [-0.3, -0.25) is 4.79 Å². The zero-order valence-corrected chi connectivity index (χ0v) is 15.0. The molecule has 6 nitrogen and oxygen atoms in total. The topological polar surface area (TPSA) is 101 Å². The van der Waals surface area contributed by atoms with Gasteiger partial charge >= 0.3 is 0 Å². The van der Waals surface area contributed by atoms with Crippen molar-refractivity contribution in [3.05, 3.63) is 23.8 Å². The second-order valence-electron chi connectivity index (χ2n) is 5.95. The van der Waals surface area contributed by atoms with Crippen molar-refractivity contribution in [1.82, 2.24) is 4.72 Å². The molecule has 130 valence electrons. The minimum atomic E-state index is -3.67. The van der Waals surface area contributed by atoms with E-state index in [-0.39, 0.29) is 29.8 Å². The molecule has 1 saturated carbocycles. The van der Waals surface area contributed by atoms with Crippen molar-refractivity contribution >= 4 is 34.0 Å². The van der Waals surface area contributed by atoms with E-state index in [0.29, 0.717) is 5.69 Å². The standard InChI is InChI=1S/C15H23N3O3S.ClH/c1-11-5-6-13(9-14(11)17-12(2)19)22(20,21)18-15(10-16)7-3-4-8-15;/h5-6,9,18H,3-4,7-8,10,16H2,1-2H3,(H,17,19);1H. The van der Waals surface area contributed by atoms with Crippen LogP contribution in [0.4, 0.5) is 5.69 Å². The van der Waals surface area contributed by atoms with E-state index in [4.69, 9.17) is 5.73 Å². The quantitative estimate of drug-likeness (QED) is 0.745. The fourth-order valence-electron chi connectivity index (χ4n) is 2.84. The number of nitrogens with two attached hydrogens (primary N) is 1. The summed E-state index contributed by atoms with van der Waals surface area (Å²) >= 11 is 0. The Bertz CT molecular complexity index is 671. The highest BCUT2D eigenvalue weighted by atomic mass is 35.5. The van der Waals surface area contributed by atoms with Crippen LogP contribution in [-0.2, 0) is 14.8 Å². The Morgan fingerprint density at radius 2 is 1.91 bits per heavy atom. The van der Waals surface area contributed by atoms with E-state index >= 15 is 0 Å². The highest BCUT2D eigenvalue weighted by Crippen LogP contribution is 2.31. The van der Waals surface area contributed by atoms with E-state index in [0.717, 1.165) is 31.2 Å². The Balaban J connectivity index is 0.00000264. The monoisotopic (exact) mass is 361 g/mol. The molecule has 0 aromatic heterocycles.